The molecule has 49 heavy (non-hydrogen) atoms. The van der Waals surface area contributed by atoms with E-state index in [1.165, 1.54) is 10.8 Å². The van der Waals surface area contributed by atoms with Crippen LogP contribution < -0.4 is 5.32 Å². The van der Waals surface area contributed by atoms with E-state index < -0.39 is 0 Å². The molecule has 4 heteroatoms. The van der Waals surface area contributed by atoms with Crippen LogP contribution >= 0.6 is 0 Å². The van der Waals surface area contributed by atoms with Gasteiger partial charge in [0.1, 0.15) is 11.2 Å². The number of hydrogen-bond acceptors (Lipinski definition) is 3. The molecule has 0 spiro atoms. The van der Waals surface area contributed by atoms with E-state index in [4.69, 9.17) is 4.42 Å². The molecule has 0 atom stereocenters. The summed E-state index contributed by atoms with van der Waals surface area (Å²) < 4.78 is 9.11. The fourth-order valence-electron chi connectivity index (χ4n) is 7.02. The van der Waals surface area contributed by atoms with Crippen molar-refractivity contribution in [2.24, 2.45) is 0 Å². The lowest BCUT2D eigenvalue weighted by molar-refractivity contribution is 0.668. The molecule has 0 unspecified atom stereocenters. The highest BCUT2D eigenvalue weighted by Crippen LogP contribution is 2.42. The second kappa shape index (κ2) is 11.9. The lowest BCUT2D eigenvalue weighted by Gasteiger charge is -2.21. The minimum Gasteiger partial charge on any atom is -0.455 e. The van der Waals surface area contributed by atoms with Crippen LogP contribution in [-0.4, -0.2) is 10.3 Å². The first-order valence-corrected chi connectivity index (χ1v) is 16.4. The molecule has 2 heterocycles. The first kappa shape index (κ1) is 28.6. The van der Waals surface area contributed by atoms with Gasteiger partial charge >= 0.3 is 0 Å². The van der Waals surface area contributed by atoms with Crippen molar-refractivity contribution < 1.29 is 4.42 Å². The van der Waals surface area contributed by atoms with Gasteiger partial charge in [-0.15, -0.1) is 0 Å². The average Bonchev–Trinajstić information content (AvgIpc) is 3.71. The van der Waals surface area contributed by atoms with Gasteiger partial charge in [0.25, 0.3) is 0 Å². The standard InChI is InChI=1S/C45H31N3O/c46-43(30-16-4-1-5-17-30)42(44(31-18-6-2-7-19-31)47-32-20-8-3-9-21-32)38-29-33(28-37-36-24-12-15-27-41(36)49-45(37)38)48-39-25-13-10-22-34(39)35-23-11-14-26-40(35)48/h1-29,46-47H/b44-42-,46-43?. The van der Waals surface area contributed by atoms with Crippen LogP contribution in [0.4, 0.5) is 5.69 Å². The summed E-state index contributed by atoms with van der Waals surface area (Å²) in [5, 5.41) is 18.1. The SMILES string of the molecule is N=C(/C(=C(\Nc1ccccc1)c1ccccc1)c1cc(-n2c3ccccc3c3ccccc32)cc2c1oc1ccccc12)c1ccccc1. The molecule has 2 aromatic heterocycles. The van der Waals surface area contributed by atoms with E-state index in [0.29, 0.717) is 5.71 Å². The normalized spacial score (nSPS) is 12.1. The smallest absolute Gasteiger partial charge is 0.143 e. The van der Waals surface area contributed by atoms with Gasteiger partial charge in [-0.1, -0.05) is 133 Å². The predicted octanol–water partition coefficient (Wildman–Crippen LogP) is 11.7. The third-order valence-corrected chi connectivity index (χ3v) is 9.24. The minimum absolute atomic E-state index is 0.393. The molecule has 0 saturated carbocycles. The minimum atomic E-state index is 0.393. The van der Waals surface area contributed by atoms with Gasteiger partial charge in [0.05, 0.1) is 22.4 Å². The van der Waals surface area contributed by atoms with Gasteiger partial charge in [-0.05, 0) is 48.0 Å². The van der Waals surface area contributed by atoms with E-state index >= 15 is 0 Å². The Kier molecular flexibility index (Phi) is 6.91. The maximum absolute atomic E-state index is 9.94. The molecule has 9 aromatic rings. The van der Waals surface area contributed by atoms with E-state index in [1.54, 1.807) is 0 Å². The Balaban J connectivity index is 1.44. The first-order chi connectivity index (χ1) is 24.2. The lowest BCUT2D eigenvalue weighted by atomic mass is 9.90. The van der Waals surface area contributed by atoms with E-state index in [-0.39, 0.29) is 0 Å². The summed E-state index contributed by atoms with van der Waals surface area (Å²) in [5.74, 6) is 0. The lowest BCUT2D eigenvalue weighted by Crippen LogP contribution is -2.11. The number of nitrogens with one attached hydrogen (secondary N) is 2. The molecule has 0 amide bonds. The second-order valence-electron chi connectivity index (χ2n) is 12.2. The molecule has 0 aliphatic heterocycles. The average molecular weight is 630 g/mol. The molecule has 7 aromatic carbocycles. The van der Waals surface area contributed by atoms with Crippen molar-refractivity contribution in [1.82, 2.24) is 4.57 Å². The van der Waals surface area contributed by atoms with Crippen molar-refractivity contribution in [1.29, 1.82) is 5.41 Å². The van der Waals surface area contributed by atoms with Crippen LogP contribution in [0.2, 0.25) is 0 Å². The van der Waals surface area contributed by atoms with Crippen LogP contribution in [0.15, 0.2) is 180 Å². The molecule has 0 aliphatic carbocycles. The van der Waals surface area contributed by atoms with Crippen LogP contribution in [0.1, 0.15) is 16.7 Å². The number of benzene rings is 7. The molecule has 0 aliphatic rings. The summed E-state index contributed by atoms with van der Waals surface area (Å²) >= 11 is 0. The molecule has 0 fully saturated rings. The van der Waals surface area contributed by atoms with E-state index in [0.717, 1.165) is 72.3 Å². The highest BCUT2D eigenvalue weighted by Gasteiger charge is 2.25. The van der Waals surface area contributed by atoms with Crippen molar-refractivity contribution in [3.05, 3.63) is 193 Å². The number of aromatic nitrogens is 1. The molecule has 0 radical (unpaired) electrons. The zero-order valence-corrected chi connectivity index (χ0v) is 26.6. The van der Waals surface area contributed by atoms with Gasteiger partial charge < -0.3 is 14.3 Å². The van der Waals surface area contributed by atoms with Gasteiger partial charge in [0.15, 0.2) is 0 Å². The van der Waals surface area contributed by atoms with Gasteiger partial charge in [0, 0.05) is 49.6 Å². The molecule has 9 rings (SSSR count). The Bertz CT molecular complexity index is 2630. The zero-order chi connectivity index (χ0) is 32.7. The number of nitrogens with zero attached hydrogens (tertiary/aromatic N) is 1. The monoisotopic (exact) mass is 629 g/mol. The molecular formula is C45H31N3O. The molecule has 4 nitrogen and oxygen atoms in total. The Labute approximate surface area is 283 Å². The number of hydrogen-bond donors (Lipinski definition) is 2. The van der Waals surface area contributed by atoms with Gasteiger partial charge in [-0.2, -0.15) is 0 Å². The van der Waals surface area contributed by atoms with Crippen molar-refractivity contribution >= 4 is 66.4 Å². The highest BCUT2D eigenvalue weighted by molar-refractivity contribution is 6.38. The quantitative estimate of drug-likeness (QED) is 0.136. The van der Waals surface area contributed by atoms with Crippen LogP contribution in [0, 0.1) is 5.41 Å². The summed E-state index contributed by atoms with van der Waals surface area (Å²) in [7, 11) is 0. The predicted molar refractivity (Wildman–Crippen MR) is 205 cm³/mol. The van der Waals surface area contributed by atoms with Crippen molar-refractivity contribution in [2.75, 3.05) is 5.32 Å². The summed E-state index contributed by atoms with van der Waals surface area (Å²) in [5.41, 5.74) is 10.3. The fourth-order valence-corrected chi connectivity index (χ4v) is 7.02. The molecule has 0 saturated heterocycles. The van der Waals surface area contributed by atoms with Gasteiger partial charge in [-0.3, -0.25) is 5.41 Å². The first-order valence-electron chi connectivity index (χ1n) is 16.4. The highest BCUT2D eigenvalue weighted by atomic mass is 16.3. The molecular weight excluding hydrogens is 599 g/mol. The third kappa shape index (κ3) is 4.90. The maximum atomic E-state index is 9.94. The number of furan rings is 1. The topological polar surface area (TPSA) is 54.0 Å². The number of rotatable bonds is 7. The maximum Gasteiger partial charge on any atom is 0.143 e. The number of allylic oxidation sites excluding steroid dienone is 1. The van der Waals surface area contributed by atoms with E-state index in [1.807, 2.05) is 78.9 Å². The van der Waals surface area contributed by atoms with Crippen LogP contribution in [0.5, 0.6) is 0 Å². The molecule has 0 bridgehead atoms. The van der Waals surface area contributed by atoms with Gasteiger partial charge in [-0.25, -0.2) is 0 Å². The largest absolute Gasteiger partial charge is 0.455 e. The number of fused-ring (bicyclic) bond motifs is 6. The van der Waals surface area contributed by atoms with E-state index in [2.05, 4.69) is 107 Å². The van der Waals surface area contributed by atoms with Crippen LogP contribution in [0.25, 0.3) is 60.7 Å². The summed E-state index contributed by atoms with van der Waals surface area (Å²) in [6.07, 6.45) is 0. The zero-order valence-electron chi connectivity index (χ0n) is 26.6. The second-order valence-corrected chi connectivity index (χ2v) is 12.2. The van der Waals surface area contributed by atoms with Crippen molar-refractivity contribution in [2.45, 2.75) is 0 Å². The fraction of sp³-hybridized carbons (Fsp3) is 0. The Morgan fingerprint density at radius 3 is 1.69 bits per heavy atom. The molecule has 2 N–H and O–H groups in total. The van der Waals surface area contributed by atoms with Crippen molar-refractivity contribution in [3.8, 4) is 5.69 Å². The summed E-state index contributed by atoms with van der Waals surface area (Å²) in [4.78, 5) is 0. The van der Waals surface area contributed by atoms with Crippen LogP contribution in [-0.2, 0) is 0 Å². The van der Waals surface area contributed by atoms with Crippen molar-refractivity contribution in [3.63, 3.8) is 0 Å². The third-order valence-electron chi connectivity index (χ3n) is 9.24. The van der Waals surface area contributed by atoms with E-state index in [9.17, 15) is 5.41 Å². The molecule has 232 valence electrons. The summed E-state index contributed by atoms with van der Waals surface area (Å²) in [6, 6.07) is 60.2. The number of para-hydroxylation sites is 4. The van der Waals surface area contributed by atoms with Crippen LogP contribution in [0.3, 0.4) is 0 Å². The van der Waals surface area contributed by atoms with Gasteiger partial charge in [0.2, 0.25) is 0 Å². The Hall–Kier alpha value is -6.65. The Morgan fingerprint density at radius 2 is 1.04 bits per heavy atom. The Morgan fingerprint density at radius 1 is 0.510 bits per heavy atom. The summed E-state index contributed by atoms with van der Waals surface area (Å²) in [6.45, 7) is 0. The number of anilines is 1.